The van der Waals surface area contributed by atoms with Gasteiger partial charge in [0, 0.05) is 31.1 Å². The molecule has 0 radical (unpaired) electrons. The smallest absolute Gasteiger partial charge is 0.109 e. The Hall–Kier alpha value is -0.830. The van der Waals surface area contributed by atoms with Gasteiger partial charge in [0.05, 0.1) is 5.69 Å². The van der Waals surface area contributed by atoms with E-state index in [0.29, 0.717) is 12.1 Å². The van der Waals surface area contributed by atoms with Gasteiger partial charge in [-0.2, -0.15) is 0 Å². The molecule has 3 heterocycles. The molecule has 3 rings (SSSR count). The Morgan fingerprint density at radius 3 is 2.94 bits per heavy atom. The van der Waals surface area contributed by atoms with Gasteiger partial charge in [0.1, 0.15) is 5.82 Å². The minimum Gasteiger partial charge on any atom is -0.332 e. The Balaban J connectivity index is 1.73. The van der Waals surface area contributed by atoms with E-state index in [1.54, 1.807) is 0 Å². The number of aromatic nitrogens is 2. The number of piperidine rings is 1. The van der Waals surface area contributed by atoms with Crippen molar-refractivity contribution in [2.45, 2.75) is 64.0 Å². The van der Waals surface area contributed by atoms with Crippen molar-refractivity contribution >= 4 is 0 Å². The average Bonchev–Trinajstić information content (AvgIpc) is 2.76. The molecule has 3 heteroatoms. The number of likely N-dealkylation sites (N-methyl/N-ethyl adjacent to an activating group) is 1. The molecular weight excluding hydrogens is 222 g/mol. The molecule has 0 saturated carbocycles. The molecular formula is C15H25N3. The maximum absolute atomic E-state index is 4.87. The lowest BCUT2D eigenvalue weighted by Gasteiger charge is -2.31. The van der Waals surface area contributed by atoms with Crippen molar-refractivity contribution in [2.75, 3.05) is 13.6 Å². The summed E-state index contributed by atoms with van der Waals surface area (Å²) in [7, 11) is 2.27. The topological polar surface area (TPSA) is 21.1 Å². The zero-order chi connectivity index (χ0) is 12.5. The summed E-state index contributed by atoms with van der Waals surface area (Å²) < 4.78 is 2.42. The Bertz CT molecular complexity index is 410. The molecule has 2 atom stereocenters. The van der Waals surface area contributed by atoms with Crippen LogP contribution in [0.4, 0.5) is 0 Å². The van der Waals surface area contributed by atoms with Gasteiger partial charge in [-0.05, 0) is 46.2 Å². The summed E-state index contributed by atoms with van der Waals surface area (Å²) in [6.45, 7) is 3.58. The zero-order valence-corrected chi connectivity index (χ0v) is 11.7. The van der Waals surface area contributed by atoms with E-state index in [-0.39, 0.29) is 0 Å². The maximum atomic E-state index is 4.87. The lowest BCUT2D eigenvalue weighted by atomic mass is 9.99. The lowest BCUT2D eigenvalue weighted by molar-refractivity contribution is 0.184. The number of fused-ring (bicyclic) bond motifs is 1. The molecule has 100 valence electrons. The van der Waals surface area contributed by atoms with Crippen LogP contribution in [0.5, 0.6) is 0 Å². The average molecular weight is 247 g/mol. The summed E-state index contributed by atoms with van der Waals surface area (Å²) >= 11 is 0. The molecule has 18 heavy (non-hydrogen) atoms. The summed E-state index contributed by atoms with van der Waals surface area (Å²) in [5, 5.41) is 0. The molecule has 2 aliphatic rings. The standard InChI is InChI=1S/C15H25N3/c1-12-6-5-8-15-16-13(11-18(12)15)10-14-7-3-4-9-17(14)2/h11-12,14H,3-10H2,1-2H3. The highest BCUT2D eigenvalue weighted by Crippen LogP contribution is 2.26. The van der Waals surface area contributed by atoms with Crippen LogP contribution in [-0.4, -0.2) is 34.1 Å². The quantitative estimate of drug-likeness (QED) is 0.801. The predicted molar refractivity (Wildman–Crippen MR) is 73.8 cm³/mol. The number of imidazole rings is 1. The third kappa shape index (κ3) is 2.33. The molecule has 1 saturated heterocycles. The van der Waals surface area contributed by atoms with E-state index in [4.69, 9.17) is 4.98 Å². The molecule has 0 amide bonds. The lowest BCUT2D eigenvalue weighted by Crippen LogP contribution is -2.37. The molecule has 2 aliphatic heterocycles. The monoisotopic (exact) mass is 247 g/mol. The van der Waals surface area contributed by atoms with E-state index in [0.717, 1.165) is 6.42 Å². The summed E-state index contributed by atoms with van der Waals surface area (Å²) in [5.41, 5.74) is 1.32. The summed E-state index contributed by atoms with van der Waals surface area (Å²) in [6.07, 6.45) is 11.3. The van der Waals surface area contributed by atoms with Gasteiger partial charge in [-0.3, -0.25) is 0 Å². The minimum absolute atomic E-state index is 0.652. The molecule has 3 nitrogen and oxygen atoms in total. The van der Waals surface area contributed by atoms with E-state index < -0.39 is 0 Å². The van der Waals surface area contributed by atoms with Crippen LogP contribution < -0.4 is 0 Å². The van der Waals surface area contributed by atoms with Crippen molar-refractivity contribution in [3.05, 3.63) is 17.7 Å². The summed E-state index contributed by atoms with van der Waals surface area (Å²) in [4.78, 5) is 7.39. The van der Waals surface area contributed by atoms with E-state index in [2.05, 4.69) is 29.6 Å². The van der Waals surface area contributed by atoms with E-state index in [9.17, 15) is 0 Å². The Morgan fingerprint density at radius 1 is 1.28 bits per heavy atom. The van der Waals surface area contributed by atoms with E-state index in [1.165, 1.54) is 56.6 Å². The van der Waals surface area contributed by atoms with Crippen molar-refractivity contribution < 1.29 is 0 Å². The van der Waals surface area contributed by atoms with Crippen LogP contribution in [0.15, 0.2) is 6.20 Å². The molecule has 1 aromatic heterocycles. The van der Waals surface area contributed by atoms with Crippen LogP contribution in [0.1, 0.15) is 56.6 Å². The third-order valence-electron chi connectivity index (χ3n) is 4.72. The normalized spacial score (nSPS) is 29.2. The molecule has 0 aromatic carbocycles. The van der Waals surface area contributed by atoms with Crippen molar-refractivity contribution in [3.8, 4) is 0 Å². The van der Waals surface area contributed by atoms with Crippen LogP contribution in [0.25, 0.3) is 0 Å². The second-order valence-corrected chi connectivity index (χ2v) is 6.13. The Kier molecular flexibility index (Phi) is 3.42. The van der Waals surface area contributed by atoms with E-state index >= 15 is 0 Å². The molecule has 1 fully saturated rings. The summed E-state index contributed by atoms with van der Waals surface area (Å²) in [6, 6.07) is 1.37. The highest BCUT2D eigenvalue weighted by molar-refractivity contribution is 5.09. The zero-order valence-electron chi connectivity index (χ0n) is 11.7. The first kappa shape index (κ1) is 12.2. The molecule has 1 aromatic rings. The first-order valence-corrected chi connectivity index (χ1v) is 7.51. The van der Waals surface area contributed by atoms with Gasteiger partial charge < -0.3 is 9.47 Å². The highest BCUT2D eigenvalue weighted by atomic mass is 15.1. The second kappa shape index (κ2) is 5.04. The minimum atomic E-state index is 0.652. The fourth-order valence-electron chi connectivity index (χ4n) is 3.49. The van der Waals surface area contributed by atoms with Gasteiger partial charge in [-0.1, -0.05) is 6.42 Å². The van der Waals surface area contributed by atoms with Crippen molar-refractivity contribution in [1.29, 1.82) is 0 Å². The molecule has 0 N–H and O–H groups in total. The van der Waals surface area contributed by atoms with E-state index in [1.807, 2.05) is 0 Å². The van der Waals surface area contributed by atoms with Crippen LogP contribution in [-0.2, 0) is 12.8 Å². The van der Waals surface area contributed by atoms with Gasteiger partial charge in [-0.25, -0.2) is 4.98 Å². The number of aryl methyl sites for hydroxylation is 1. The van der Waals surface area contributed by atoms with Gasteiger partial charge in [0.25, 0.3) is 0 Å². The number of hydrogen-bond acceptors (Lipinski definition) is 2. The van der Waals surface area contributed by atoms with Crippen molar-refractivity contribution in [2.24, 2.45) is 0 Å². The number of likely N-dealkylation sites (tertiary alicyclic amines) is 1. The fourth-order valence-corrected chi connectivity index (χ4v) is 3.49. The van der Waals surface area contributed by atoms with Gasteiger partial charge in [-0.15, -0.1) is 0 Å². The third-order valence-corrected chi connectivity index (χ3v) is 4.72. The van der Waals surface area contributed by atoms with Crippen molar-refractivity contribution in [3.63, 3.8) is 0 Å². The molecule has 0 bridgehead atoms. The Labute approximate surface area is 110 Å². The van der Waals surface area contributed by atoms with Crippen LogP contribution in [0.2, 0.25) is 0 Å². The largest absolute Gasteiger partial charge is 0.332 e. The summed E-state index contributed by atoms with van der Waals surface area (Å²) in [5.74, 6) is 1.32. The van der Waals surface area contributed by atoms with Crippen LogP contribution >= 0.6 is 0 Å². The number of rotatable bonds is 2. The highest BCUT2D eigenvalue weighted by Gasteiger charge is 2.23. The predicted octanol–water partition coefficient (Wildman–Crippen LogP) is 2.81. The van der Waals surface area contributed by atoms with Gasteiger partial charge in [0.2, 0.25) is 0 Å². The van der Waals surface area contributed by atoms with Gasteiger partial charge in [0.15, 0.2) is 0 Å². The van der Waals surface area contributed by atoms with Crippen LogP contribution in [0, 0.1) is 0 Å². The second-order valence-electron chi connectivity index (χ2n) is 6.13. The van der Waals surface area contributed by atoms with Crippen molar-refractivity contribution in [1.82, 2.24) is 14.5 Å². The SMILES string of the molecule is CC1CCCc2nc(CC3CCCCN3C)cn21. The molecule has 2 unspecified atom stereocenters. The number of hydrogen-bond donors (Lipinski definition) is 0. The van der Waals surface area contributed by atoms with Crippen LogP contribution in [0.3, 0.4) is 0 Å². The van der Waals surface area contributed by atoms with Gasteiger partial charge >= 0.3 is 0 Å². The maximum Gasteiger partial charge on any atom is 0.109 e. The molecule has 0 aliphatic carbocycles. The first-order chi connectivity index (χ1) is 8.74. The molecule has 0 spiro atoms. The fraction of sp³-hybridized carbons (Fsp3) is 0.800. The number of nitrogens with zero attached hydrogens (tertiary/aromatic N) is 3. The first-order valence-electron chi connectivity index (χ1n) is 7.51. The Morgan fingerprint density at radius 2 is 2.17 bits per heavy atom.